The second-order valence-corrected chi connectivity index (χ2v) is 9.27. The fraction of sp³-hybridized carbons (Fsp3) is 0.762. The van der Waals surface area contributed by atoms with Gasteiger partial charge in [0.25, 0.3) is 5.91 Å². The highest BCUT2D eigenvalue weighted by Gasteiger charge is 2.43. The van der Waals surface area contributed by atoms with Crippen LogP contribution in [0.2, 0.25) is 0 Å². The minimum absolute atomic E-state index is 0.0389. The zero-order chi connectivity index (χ0) is 18.7. The van der Waals surface area contributed by atoms with Crippen molar-refractivity contribution in [3.8, 4) is 0 Å². The minimum Gasteiger partial charge on any atom is -0.381 e. The lowest BCUT2D eigenvalue weighted by atomic mass is 9.75. The number of carbonyl (C=O) groups is 1. The summed E-state index contributed by atoms with van der Waals surface area (Å²) in [4.78, 5) is 14.1. The van der Waals surface area contributed by atoms with Gasteiger partial charge >= 0.3 is 0 Å². The highest BCUT2D eigenvalue weighted by molar-refractivity contribution is 7.10. The van der Waals surface area contributed by atoms with E-state index in [2.05, 4.69) is 17.6 Å². The maximum Gasteiger partial charge on any atom is 0.252 e. The number of hydrogen-bond donors (Lipinski definition) is 1. The van der Waals surface area contributed by atoms with Crippen molar-refractivity contribution in [1.82, 2.24) is 5.32 Å². The number of rotatable bonds is 6. The smallest absolute Gasteiger partial charge is 0.252 e. The molecule has 3 heterocycles. The van der Waals surface area contributed by atoms with Crippen molar-refractivity contribution in [1.29, 1.82) is 0 Å². The van der Waals surface area contributed by atoms with Crippen LogP contribution in [-0.4, -0.2) is 45.2 Å². The Morgan fingerprint density at radius 3 is 2.81 bits per heavy atom. The molecule has 2 aliphatic heterocycles. The Balaban J connectivity index is 1.30. The van der Waals surface area contributed by atoms with Gasteiger partial charge in [-0.1, -0.05) is 6.92 Å². The Morgan fingerprint density at radius 1 is 1.26 bits per heavy atom. The molecule has 1 N–H and O–H groups in total. The van der Waals surface area contributed by atoms with Crippen molar-refractivity contribution in [3.63, 3.8) is 0 Å². The summed E-state index contributed by atoms with van der Waals surface area (Å²) in [5.74, 6) is 0.833. The number of thiophene rings is 1. The SMILES string of the molecule is C[C@@H]1CCc2c(C(=O)NCCCC3(C4OCCO4)CCOCC3)csc2C1. The van der Waals surface area contributed by atoms with Crippen LogP contribution in [-0.2, 0) is 27.1 Å². The zero-order valence-corrected chi connectivity index (χ0v) is 17.1. The number of carbonyl (C=O) groups excluding carboxylic acids is 1. The fourth-order valence-electron chi connectivity index (χ4n) is 4.70. The molecule has 3 aliphatic rings. The van der Waals surface area contributed by atoms with Gasteiger partial charge < -0.3 is 19.5 Å². The first-order valence-electron chi connectivity index (χ1n) is 10.4. The van der Waals surface area contributed by atoms with Gasteiger partial charge in [0.1, 0.15) is 0 Å². The first-order chi connectivity index (χ1) is 13.2. The third-order valence-corrected chi connectivity index (χ3v) is 7.44. The summed E-state index contributed by atoms with van der Waals surface area (Å²) in [6.07, 6.45) is 7.14. The molecular weight excluding hydrogens is 362 g/mol. The Kier molecular flexibility index (Phi) is 6.17. The third-order valence-electron chi connectivity index (χ3n) is 6.39. The van der Waals surface area contributed by atoms with Gasteiger partial charge in [0, 0.05) is 35.4 Å². The molecule has 1 aromatic heterocycles. The monoisotopic (exact) mass is 393 g/mol. The molecule has 27 heavy (non-hydrogen) atoms. The molecule has 5 nitrogen and oxygen atoms in total. The molecule has 0 spiro atoms. The van der Waals surface area contributed by atoms with Crippen LogP contribution in [0.15, 0.2) is 5.38 Å². The van der Waals surface area contributed by atoms with Crippen LogP contribution in [0.3, 0.4) is 0 Å². The maximum absolute atomic E-state index is 12.7. The Morgan fingerprint density at radius 2 is 2.04 bits per heavy atom. The number of hydrogen-bond acceptors (Lipinski definition) is 5. The average molecular weight is 394 g/mol. The van der Waals surface area contributed by atoms with E-state index in [1.807, 2.05) is 0 Å². The van der Waals surface area contributed by atoms with Crippen LogP contribution in [0.5, 0.6) is 0 Å². The number of ether oxygens (including phenoxy) is 3. The van der Waals surface area contributed by atoms with Gasteiger partial charge in [0.05, 0.1) is 18.8 Å². The molecule has 0 saturated carbocycles. The number of nitrogens with one attached hydrogen (secondary N) is 1. The van der Waals surface area contributed by atoms with Gasteiger partial charge in [-0.15, -0.1) is 11.3 Å². The lowest BCUT2D eigenvalue weighted by Gasteiger charge is -2.40. The third kappa shape index (κ3) is 4.24. The molecule has 2 fully saturated rings. The Labute approximate surface area is 165 Å². The molecule has 0 bridgehead atoms. The average Bonchev–Trinajstić information content (AvgIpc) is 3.36. The van der Waals surface area contributed by atoms with Gasteiger partial charge in [-0.2, -0.15) is 0 Å². The largest absolute Gasteiger partial charge is 0.381 e. The second-order valence-electron chi connectivity index (χ2n) is 8.31. The van der Waals surface area contributed by atoms with E-state index in [1.165, 1.54) is 16.9 Å². The van der Waals surface area contributed by atoms with Crippen LogP contribution in [0.1, 0.15) is 59.8 Å². The molecule has 0 aromatic carbocycles. The summed E-state index contributed by atoms with van der Waals surface area (Å²) in [5, 5.41) is 5.20. The molecule has 0 radical (unpaired) electrons. The summed E-state index contributed by atoms with van der Waals surface area (Å²) in [6.45, 7) is 5.92. The summed E-state index contributed by atoms with van der Waals surface area (Å²) >= 11 is 1.75. The normalized spacial score (nSPS) is 25.3. The molecular formula is C21H31NO4S. The molecule has 0 unspecified atom stereocenters. The quantitative estimate of drug-likeness (QED) is 0.751. The van der Waals surface area contributed by atoms with E-state index in [1.54, 1.807) is 11.3 Å². The Hall–Kier alpha value is -0.950. The van der Waals surface area contributed by atoms with Crippen LogP contribution in [0.25, 0.3) is 0 Å². The summed E-state index contributed by atoms with van der Waals surface area (Å²) in [5.41, 5.74) is 2.24. The number of amides is 1. The van der Waals surface area contributed by atoms with Crippen LogP contribution < -0.4 is 5.32 Å². The minimum atomic E-state index is -0.108. The molecule has 1 aliphatic carbocycles. The second kappa shape index (κ2) is 8.60. The molecule has 150 valence electrons. The first-order valence-corrected chi connectivity index (χ1v) is 11.2. The molecule has 1 amide bonds. The van der Waals surface area contributed by atoms with Gasteiger partial charge in [-0.25, -0.2) is 0 Å². The topological polar surface area (TPSA) is 56.8 Å². The predicted octanol–water partition coefficient (Wildman–Crippen LogP) is 3.55. The highest BCUT2D eigenvalue weighted by Crippen LogP contribution is 2.42. The van der Waals surface area contributed by atoms with E-state index in [0.717, 1.165) is 63.2 Å². The first kappa shape index (κ1) is 19.4. The highest BCUT2D eigenvalue weighted by atomic mass is 32.1. The fourth-order valence-corrected chi connectivity index (χ4v) is 5.94. The summed E-state index contributed by atoms with van der Waals surface area (Å²) in [7, 11) is 0. The zero-order valence-electron chi connectivity index (χ0n) is 16.3. The van der Waals surface area contributed by atoms with Crippen molar-refractivity contribution >= 4 is 17.2 Å². The van der Waals surface area contributed by atoms with E-state index in [-0.39, 0.29) is 17.6 Å². The van der Waals surface area contributed by atoms with Crippen LogP contribution in [0.4, 0.5) is 0 Å². The van der Waals surface area contributed by atoms with Crippen molar-refractivity contribution in [2.24, 2.45) is 11.3 Å². The van der Waals surface area contributed by atoms with Gasteiger partial charge in [0.15, 0.2) is 6.29 Å². The number of fused-ring (bicyclic) bond motifs is 1. The maximum atomic E-state index is 12.7. The molecule has 4 rings (SSSR count). The van der Waals surface area contributed by atoms with Crippen molar-refractivity contribution < 1.29 is 19.0 Å². The molecule has 6 heteroatoms. The van der Waals surface area contributed by atoms with E-state index >= 15 is 0 Å². The van der Waals surface area contributed by atoms with Crippen molar-refractivity contribution in [2.75, 3.05) is 33.0 Å². The van der Waals surface area contributed by atoms with E-state index < -0.39 is 0 Å². The lowest BCUT2D eigenvalue weighted by molar-refractivity contribution is -0.168. The summed E-state index contributed by atoms with van der Waals surface area (Å²) < 4.78 is 17.2. The van der Waals surface area contributed by atoms with E-state index in [0.29, 0.717) is 19.8 Å². The van der Waals surface area contributed by atoms with Gasteiger partial charge in [-0.05, 0) is 56.4 Å². The van der Waals surface area contributed by atoms with Crippen molar-refractivity contribution in [2.45, 2.75) is 58.2 Å². The van der Waals surface area contributed by atoms with Crippen LogP contribution in [0, 0.1) is 11.3 Å². The Bertz CT molecular complexity index is 647. The van der Waals surface area contributed by atoms with Gasteiger partial charge in [-0.3, -0.25) is 4.79 Å². The standard InChI is InChI=1S/C21H31NO4S/c1-15-3-4-16-17(14-27-18(16)13-15)19(23)22-8-2-5-21(6-9-24-10-7-21)20-25-11-12-26-20/h14-15,20H,2-13H2,1H3,(H,22,23)/t15-/m1/s1. The molecule has 1 aromatic rings. The van der Waals surface area contributed by atoms with Gasteiger partial charge in [0.2, 0.25) is 0 Å². The van der Waals surface area contributed by atoms with E-state index in [9.17, 15) is 4.79 Å². The molecule has 1 atom stereocenters. The lowest BCUT2D eigenvalue weighted by Crippen LogP contribution is -2.41. The van der Waals surface area contributed by atoms with E-state index in [4.69, 9.17) is 14.2 Å². The van der Waals surface area contributed by atoms with Crippen molar-refractivity contribution in [3.05, 3.63) is 21.4 Å². The van der Waals surface area contributed by atoms with Crippen LogP contribution >= 0.6 is 11.3 Å². The summed E-state index contributed by atoms with van der Waals surface area (Å²) in [6, 6.07) is 0. The predicted molar refractivity (Wildman–Crippen MR) is 105 cm³/mol. The molecule has 2 saturated heterocycles.